The molecule has 19 heavy (non-hydrogen) atoms. The third kappa shape index (κ3) is 2.75. The van der Waals surface area contributed by atoms with Crippen LogP contribution in [-0.4, -0.2) is 13.2 Å². The largest absolute Gasteiger partial charge is 0.454 e. The second kappa shape index (κ2) is 5.38. The lowest BCUT2D eigenvalue weighted by atomic mass is 10.2. The van der Waals surface area contributed by atoms with Gasteiger partial charge in [-0.3, -0.25) is 0 Å². The molecular weight excluding hydrogens is 247 g/mol. The van der Waals surface area contributed by atoms with Gasteiger partial charge in [-0.2, -0.15) is 0 Å². The van der Waals surface area contributed by atoms with Gasteiger partial charge in [-0.1, -0.05) is 24.3 Å². The number of halogens is 1. The van der Waals surface area contributed by atoms with Crippen LogP contribution in [-0.2, 0) is 9.47 Å². The maximum atomic E-state index is 13.5. The zero-order chi connectivity index (χ0) is 13.1. The van der Waals surface area contributed by atoms with Crippen LogP contribution in [0.15, 0.2) is 48.5 Å². The summed E-state index contributed by atoms with van der Waals surface area (Å²) in [7, 11) is 0. The summed E-state index contributed by atoms with van der Waals surface area (Å²) in [6.07, 6.45) is -0.357. The van der Waals surface area contributed by atoms with Crippen LogP contribution in [0, 0.1) is 5.82 Å². The van der Waals surface area contributed by atoms with E-state index >= 15 is 0 Å². The molecule has 0 spiro atoms. The van der Waals surface area contributed by atoms with Gasteiger partial charge in [0.05, 0.1) is 13.2 Å². The van der Waals surface area contributed by atoms with Crippen LogP contribution in [0.2, 0.25) is 0 Å². The molecule has 4 heteroatoms. The molecule has 0 radical (unpaired) electrons. The second-order valence-electron chi connectivity index (χ2n) is 4.18. The first-order chi connectivity index (χ1) is 9.33. The highest BCUT2D eigenvalue weighted by atomic mass is 19.1. The van der Waals surface area contributed by atoms with E-state index in [0.29, 0.717) is 19.0 Å². The van der Waals surface area contributed by atoms with Gasteiger partial charge in [0.1, 0.15) is 5.75 Å². The molecule has 2 aromatic carbocycles. The fourth-order valence-corrected chi connectivity index (χ4v) is 1.93. The van der Waals surface area contributed by atoms with Gasteiger partial charge in [-0.15, -0.1) is 0 Å². The van der Waals surface area contributed by atoms with Crippen molar-refractivity contribution >= 4 is 0 Å². The Hall–Kier alpha value is -1.91. The Morgan fingerprint density at radius 2 is 1.79 bits per heavy atom. The van der Waals surface area contributed by atoms with Gasteiger partial charge in [-0.05, 0) is 24.3 Å². The van der Waals surface area contributed by atoms with Crippen molar-refractivity contribution in [1.29, 1.82) is 0 Å². The molecule has 1 aliphatic heterocycles. The summed E-state index contributed by atoms with van der Waals surface area (Å²) in [5.41, 5.74) is 0.867. The van der Waals surface area contributed by atoms with E-state index < -0.39 is 0 Å². The first-order valence-electron chi connectivity index (χ1n) is 6.08. The minimum Gasteiger partial charge on any atom is -0.454 e. The highest BCUT2D eigenvalue weighted by Crippen LogP contribution is 2.29. The van der Waals surface area contributed by atoms with Gasteiger partial charge in [0.2, 0.25) is 0 Å². The van der Waals surface area contributed by atoms with Crippen molar-refractivity contribution in [3.63, 3.8) is 0 Å². The Morgan fingerprint density at radius 3 is 2.58 bits per heavy atom. The zero-order valence-corrected chi connectivity index (χ0v) is 10.2. The number of ether oxygens (including phenoxy) is 3. The van der Waals surface area contributed by atoms with Crippen molar-refractivity contribution < 1.29 is 18.6 Å². The predicted molar refractivity (Wildman–Crippen MR) is 67.6 cm³/mol. The van der Waals surface area contributed by atoms with Crippen LogP contribution in [0.5, 0.6) is 11.5 Å². The maximum Gasteiger partial charge on any atom is 0.184 e. The Kier molecular flexibility index (Phi) is 3.44. The van der Waals surface area contributed by atoms with Gasteiger partial charge >= 0.3 is 0 Å². The van der Waals surface area contributed by atoms with Crippen molar-refractivity contribution in [2.75, 3.05) is 13.2 Å². The normalized spacial score (nSPS) is 15.6. The standard InChI is InChI=1S/C15H13FO3/c16-13-6-1-2-7-14(13)19-12-5-3-4-11(10-12)15-17-8-9-18-15/h1-7,10,15H,8-9H2. The third-order valence-electron chi connectivity index (χ3n) is 2.82. The van der Waals surface area contributed by atoms with Crippen molar-refractivity contribution in [2.24, 2.45) is 0 Å². The molecule has 0 aromatic heterocycles. The highest BCUT2D eigenvalue weighted by Gasteiger charge is 2.18. The summed E-state index contributed by atoms with van der Waals surface area (Å²) in [4.78, 5) is 0. The van der Waals surface area contributed by atoms with E-state index in [4.69, 9.17) is 14.2 Å². The monoisotopic (exact) mass is 260 g/mol. The van der Waals surface area contributed by atoms with E-state index in [0.717, 1.165) is 5.56 Å². The second-order valence-corrected chi connectivity index (χ2v) is 4.18. The van der Waals surface area contributed by atoms with Crippen LogP contribution in [0.4, 0.5) is 4.39 Å². The Labute approximate surface area is 110 Å². The lowest BCUT2D eigenvalue weighted by Crippen LogP contribution is -1.98. The molecule has 0 N–H and O–H groups in total. The van der Waals surface area contributed by atoms with Crippen LogP contribution < -0.4 is 4.74 Å². The number of hydrogen-bond acceptors (Lipinski definition) is 3. The number of hydrogen-bond donors (Lipinski definition) is 0. The van der Waals surface area contributed by atoms with Gasteiger partial charge in [-0.25, -0.2) is 4.39 Å². The smallest absolute Gasteiger partial charge is 0.184 e. The van der Waals surface area contributed by atoms with E-state index in [-0.39, 0.29) is 17.9 Å². The molecule has 0 saturated carbocycles. The molecule has 1 saturated heterocycles. The fraction of sp³-hybridized carbons (Fsp3) is 0.200. The molecule has 3 nitrogen and oxygen atoms in total. The maximum absolute atomic E-state index is 13.5. The summed E-state index contributed by atoms with van der Waals surface area (Å²) in [6, 6.07) is 13.6. The van der Waals surface area contributed by atoms with E-state index in [2.05, 4.69) is 0 Å². The van der Waals surface area contributed by atoms with Crippen LogP contribution in [0.25, 0.3) is 0 Å². The molecule has 0 amide bonds. The quantitative estimate of drug-likeness (QED) is 0.842. The Balaban J connectivity index is 1.81. The van der Waals surface area contributed by atoms with Gasteiger partial charge in [0, 0.05) is 5.56 Å². The number of rotatable bonds is 3. The predicted octanol–water partition coefficient (Wildman–Crippen LogP) is 3.66. The molecule has 3 rings (SSSR count). The summed E-state index contributed by atoms with van der Waals surface area (Å²) < 4.78 is 29.9. The Bertz CT molecular complexity index is 565. The van der Waals surface area contributed by atoms with E-state index in [1.54, 1.807) is 30.3 Å². The van der Waals surface area contributed by atoms with Crippen molar-refractivity contribution in [3.05, 3.63) is 59.9 Å². The minimum atomic E-state index is -0.388. The van der Waals surface area contributed by atoms with E-state index in [1.807, 2.05) is 12.1 Å². The molecule has 2 aromatic rings. The average Bonchev–Trinajstić information content (AvgIpc) is 2.96. The Morgan fingerprint density at radius 1 is 1.00 bits per heavy atom. The van der Waals surface area contributed by atoms with E-state index in [9.17, 15) is 4.39 Å². The van der Waals surface area contributed by atoms with Crippen LogP contribution in [0.1, 0.15) is 11.9 Å². The molecular formula is C15H13FO3. The molecule has 0 unspecified atom stereocenters. The van der Waals surface area contributed by atoms with Gasteiger partial charge in [0.15, 0.2) is 17.9 Å². The first kappa shape index (κ1) is 12.1. The summed E-state index contributed by atoms with van der Waals surface area (Å²) in [5.74, 6) is 0.371. The highest BCUT2D eigenvalue weighted by molar-refractivity contribution is 5.35. The molecule has 1 heterocycles. The number of benzene rings is 2. The molecule has 1 aliphatic rings. The SMILES string of the molecule is Fc1ccccc1Oc1cccc(C2OCCO2)c1. The van der Waals surface area contributed by atoms with Crippen LogP contribution in [0.3, 0.4) is 0 Å². The van der Waals surface area contributed by atoms with Gasteiger partial charge in [0.25, 0.3) is 0 Å². The average molecular weight is 260 g/mol. The topological polar surface area (TPSA) is 27.7 Å². The molecule has 0 bridgehead atoms. The molecule has 1 fully saturated rings. The lowest BCUT2D eigenvalue weighted by Gasteiger charge is -2.11. The summed E-state index contributed by atoms with van der Waals surface area (Å²) in [5, 5.41) is 0. The zero-order valence-electron chi connectivity index (χ0n) is 10.2. The first-order valence-corrected chi connectivity index (χ1v) is 6.08. The summed E-state index contributed by atoms with van der Waals surface area (Å²) in [6.45, 7) is 1.17. The summed E-state index contributed by atoms with van der Waals surface area (Å²) >= 11 is 0. The molecule has 0 atom stereocenters. The van der Waals surface area contributed by atoms with Gasteiger partial charge < -0.3 is 14.2 Å². The van der Waals surface area contributed by atoms with Crippen molar-refractivity contribution in [1.82, 2.24) is 0 Å². The fourth-order valence-electron chi connectivity index (χ4n) is 1.93. The lowest BCUT2D eigenvalue weighted by molar-refractivity contribution is -0.0442. The third-order valence-corrected chi connectivity index (χ3v) is 2.82. The number of para-hydroxylation sites is 1. The van der Waals surface area contributed by atoms with E-state index in [1.165, 1.54) is 6.07 Å². The van der Waals surface area contributed by atoms with Crippen molar-refractivity contribution in [3.8, 4) is 11.5 Å². The molecule has 98 valence electrons. The van der Waals surface area contributed by atoms with Crippen molar-refractivity contribution in [2.45, 2.75) is 6.29 Å². The molecule has 0 aliphatic carbocycles. The van der Waals surface area contributed by atoms with Crippen LogP contribution >= 0.6 is 0 Å². The minimum absolute atomic E-state index is 0.202.